The van der Waals surface area contributed by atoms with Gasteiger partial charge in [0.2, 0.25) is 10.0 Å². The van der Waals surface area contributed by atoms with Gasteiger partial charge in [-0.1, -0.05) is 0 Å². The lowest BCUT2D eigenvalue weighted by Crippen LogP contribution is -2.27. The molecule has 122 valence electrons. The maximum absolute atomic E-state index is 12.4. The van der Waals surface area contributed by atoms with E-state index < -0.39 is 10.0 Å². The molecule has 1 aromatic carbocycles. The molecule has 1 aliphatic heterocycles. The maximum atomic E-state index is 12.4. The molecule has 0 saturated carbocycles. The zero-order valence-corrected chi connectivity index (χ0v) is 14.3. The van der Waals surface area contributed by atoms with Crippen LogP contribution in [0.1, 0.15) is 22.5 Å². The number of nitrogens with zero attached hydrogens (tertiary/aromatic N) is 3. The normalized spacial score (nSPS) is 16.5. The van der Waals surface area contributed by atoms with Gasteiger partial charge in [-0.2, -0.15) is 0 Å². The molecule has 1 amide bonds. The predicted octanol–water partition coefficient (Wildman–Crippen LogP) is 1.96. The van der Waals surface area contributed by atoms with Crippen LogP contribution in [0.4, 0.5) is 5.69 Å². The van der Waals surface area contributed by atoms with Crippen molar-refractivity contribution in [2.24, 2.45) is 0 Å². The van der Waals surface area contributed by atoms with Crippen molar-refractivity contribution in [3.63, 3.8) is 0 Å². The van der Waals surface area contributed by atoms with E-state index in [9.17, 15) is 13.2 Å². The van der Waals surface area contributed by atoms with Gasteiger partial charge in [0.05, 0.1) is 29.2 Å². The molecule has 3 rings (SSSR count). The van der Waals surface area contributed by atoms with E-state index in [1.54, 1.807) is 41.7 Å². The Morgan fingerprint density at radius 3 is 2.65 bits per heavy atom. The summed E-state index contributed by atoms with van der Waals surface area (Å²) in [6.07, 6.45) is 0.638. The van der Waals surface area contributed by atoms with Crippen molar-refractivity contribution in [2.45, 2.75) is 13.0 Å². The van der Waals surface area contributed by atoms with E-state index in [-0.39, 0.29) is 11.7 Å². The summed E-state index contributed by atoms with van der Waals surface area (Å²) in [5.41, 5.74) is 3.73. The summed E-state index contributed by atoms with van der Waals surface area (Å²) in [7, 11) is -1.47. The highest BCUT2D eigenvalue weighted by atomic mass is 32.2. The van der Waals surface area contributed by atoms with Crippen LogP contribution in [0.25, 0.3) is 0 Å². The fourth-order valence-electron chi connectivity index (χ4n) is 2.55. The number of benzene rings is 1. The molecule has 2 aromatic rings. The summed E-state index contributed by atoms with van der Waals surface area (Å²) >= 11 is 1.49. The number of hydrogen-bond acceptors (Lipinski definition) is 5. The lowest BCUT2D eigenvalue weighted by Gasteiger charge is -2.19. The fraction of sp³-hybridized carbons (Fsp3) is 0.333. The van der Waals surface area contributed by atoms with Crippen LogP contribution in [0.3, 0.4) is 0 Å². The molecule has 1 aromatic heterocycles. The predicted molar refractivity (Wildman–Crippen MR) is 90.1 cm³/mol. The van der Waals surface area contributed by atoms with Crippen molar-refractivity contribution < 1.29 is 13.2 Å². The van der Waals surface area contributed by atoms with Crippen molar-refractivity contribution >= 4 is 33.0 Å². The number of thiazole rings is 1. The zero-order chi connectivity index (χ0) is 16.4. The molecule has 0 radical (unpaired) electrons. The quantitative estimate of drug-likeness (QED) is 0.844. The summed E-state index contributed by atoms with van der Waals surface area (Å²) < 4.78 is 25.2. The molecule has 2 heterocycles. The Morgan fingerprint density at radius 2 is 2.09 bits per heavy atom. The molecule has 0 bridgehead atoms. The highest BCUT2D eigenvalue weighted by Crippen LogP contribution is 2.24. The number of sulfonamides is 1. The molecule has 0 aliphatic carbocycles. The molecule has 0 N–H and O–H groups in total. The van der Waals surface area contributed by atoms with Crippen LogP contribution < -0.4 is 4.31 Å². The number of rotatable bonds is 4. The van der Waals surface area contributed by atoms with E-state index in [1.807, 2.05) is 5.38 Å². The highest BCUT2D eigenvalue weighted by Gasteiger charge is 2.28. The van der Waals surface area contributed by atoms with Crippen LogP contribution in [0, 0.1) is 0 Å². The van der Waals surface area contributed by atoms with E-state index >= 15 is 0 Å². The number of carbonyl (C=O) groups is 1. The average molecular weight is 351 g/mol. The second-order valence-corrected chi connectivity index (χ2v) is 8.16. The largest absolute Gasteiger partial charge is 0.336 e. The summed E-state index contributed by atoms with van der Waals surface area (Å²) in [6.45, 7) is 0.948. The SMILES string of the molecule is CN(Cc1cscn1)C(=O)c1ccc(N2CCCS2(=O)=O)cc1. The first kappa shape index (κ1) is 15.9. The molecule has 1 fully saturated rings. The third-order valence-electron chi connectivity index (χ3n) is 3.73. The number of carbonyl (C=O) groups excluding carboxylic acids is 1. The fourth-order valence-corrected chi connectivity index (χ4v) is 4.66. The molecule has 0 unspecified atom stereocenters. The van der Waals surface area contributed by atoms with Crippen LogP contribution in [0.5, 0.6) is 0 Å². The first-order valence-corrected chi connectivity index (χ1v) is 9.75. The summed E-state index contributed by atoms with van der Waals surface area (Å²) in [6, 6.07) is 6.71. The number of aromatic nitrogens is 1. The van der Waals surface area contributed by atoms with Gasteiger partial charge in [-0.15, -0.1) is 11.3 Å². The number of anilines is 1. The van der Waals surface area contributed by atoms with E-state index in [0.29, 0.717) is 30.8 Å². The zero-order valence-electron chi connectivity index (χ0n) is 12.7. The minimum Gasteiger partial charge on any atom is -0.336 e. The smallest absolute Gasteiger partial charge is 0.253 e. The number of amides is 1. The third kappa shape index (κ3) is 3.37. The minimum absolute atomic E-state index is 0.117. The summed E-state index contributed by atoms with van der Waals surface area (Å²) in [5, 5.41) is 1.91. The van der Waals surface area contributed by atoms with Crippen molar-refractivity contribution in [1.82, 2.24) is 9.88 Å². The van der Waals surface area contributed by atoms with Gasteiger partial charge >= 0.3 is 0 Å². The second kappa shape index (κ2) is 6.29. The van der Waals surface area contributed by atoms with Crippen LogP contribution in [0.15, 0.2) is 35.2 Å². The molecule has 0 spiro atoms. The van der Waals surface area contributed by atoms with Gasteiger partial charge < -0.3 is 4.90 Å². The van der Waals surface area contributed by atoms with Crippen molar-refractivity contribution in [2.75, 3.05) is 23.7 Å². The Hall–Kier alpha value is -1.93. The molecule has 6 nitrogen and oxygen atoms in total. The van der Waals surface area contributed by atoms with E-state index in [4.69, 9.17) is 0 Å². The second-order valence-electron chi connectivity index (χ2n) is 5.43. The highest BCUT2D eigenvalue weighted by molar-refractivity contribution is 7.93. The van der Waals surface area contributed by atoms with Crippen LogP contribution in [0.2, 0.25) is 0 Å². The molecule has 0 atom stereocenters. The van der Waals surface area contributed by atoms with Crippen molar-refractivity contribution in [1.29, 1.82) is 0 Å². The topological polar surface area (TPSA) is 70.6 Å². The Labute approximate surface area is 139 Å². The van der Waals surface area contributed by atoms with Crippen LogP contribution >= 0.6 is 11.3 Å². The minimum atomic E-state index is -3.19. The molecule has 1 aliphatic rings. The summed E-state index contributed by atoms with van der Waals surface area (Å²) in [5.74, 6) is 0.0678. The molecule has 23 heavy (non-hydrogen) atoms. The first-order chi connectivity index (χ1) is 11.0. The molecular formula is C15H17N3O3S2. The van der Waals surface area contributed by atoms with Crippen molar-refractivity contribution in [3.8, 4) is 0 Å². The van der Waals surface area contributed by atoms with Crippen LogP contribution in [-0.2, 0) is 16.6 Å². The Kier molecular flexibility index (Phi) is 4.36. The lowest BCUT2D eigenvalue weighted by atomic mass is 10.2. The Bertz CT molecular complexity index is 786. The van der Waals surface area contributed by atoms with Gasteiger partial charge in [0.15, 0.2) is 0 Å². The van der Waals surface area contributed by atoms with Gasteiger partial charge in [-0.3, -0.25) is 9.10 Å². The molecule has 8 heteroatoms. The first-order valence-electron chi connectivity index (χ1n) is 7.20. The Morgan fingerprint density at radius 1 is 1.35 bits per heavy atom. The van der Waals surface area contributed by atoms with Gasteiger partial charge in [-0.05, 0) is 30.7 Å². The van der Waals surface area contributed by atoms with E-state index in [1.165, 1.54) is 15.6 Å². The molecular weight excluding hydrogens is 334 g/mol. The van der Waals surface area contributed by atoms with E-state index in [0.717, 1.165) is 5.69 Å². The molecule has 1 saturated heterocycles. The van der Waals surface area contributed by atoms with Gasteiger partial charge in [0, 0.05) is 24.5 Å². The van der Waals surface area contributed by atoms with Gasteiger partial charge in [0.25, 0.3) is 5.91 Å². The van der Waals surface area contributed by atoms with E-state index in [2.05, 4.69) is 4.98 Å². The monoisotopic (exact) mass is 351 g/mol. The summed E-state index contributed by atoms with van der Waals surface area (Å²) in [4.78, 5) is 18.2. The van der Waals surface area contributed by atoms with Crippen molar-refractivity contribution in [3.05, 3.63) is 46.4 Å². The van der Waals surface area contributed by atoms with Gasteiger partial charge in [-0.25, -0.2) is 13.4 Å². The maximum Gasteiger partial charge on any atom is 0.253 e. The third-order valence-corrected chi connectivity index (χ3v) is 6.24. The Balaban J connectivity index is 1.73. The van der Waals surface area contributed by atoms with Gasteiger partial charge in [0.1, 0.15) is 0 Å². The number of hydrogen-bond donors (Lipinski definition) is 0. The van der Waals surface area contributed by atoms with Crippen LogP contribution in [-0.4, -0.2) is 43.6 Å². The standard InChI is InChI=1S/C15H17N3O3S2/c1-17(9-13-10-22-11-16-13)15(19)12-3-5-14(6-4-12)18-7-2-8-23(18,20)21/h3-6,10-11H,2,7-9H2,1H3. The average Bonchev–Trinajstić information content (AvgIpc) is 3.15. The lowest BCUT2D eigenvalue weighted by molar-refractivity contribution is 0.0783.